The van der Waals surface area contributed by atoms with Crippen LogP contribution in [-0.4, -0.2) is 96.7 Å². The molecular formula is C65H126O17P2. The number of aliphatic hydroxyl groups excluding tert-OH is 1. The van der Waals surface area contributed by atoms with E-state index >= 15 is 0 Å². The molecule has 0 heterocycles. The minimum absolute atomic E-state index is 0.108. The summed E-state index contributed by atoms with van der Waals surface area (Å²) in [5, 5.41) is 10.4. The van der Waals surface area contributed by atoms with Crippen molar-refractivity contribution in [3.05, 3.63) is 0 Å². The molecule has 0 amide bonds. The van der Waals surface area contributed by atoms with Gasteiger partial charge in [0, 0.05) is 26.2 Å². The van der Waals surface area contributed by atoms with Gasteiger partial charge in [0.25, 0.3) is 0 Å². The van der Waals surface area contributed by atoms with Crippen LogP contribution in [0.25, 0.3) is 0 Å². The van der Waals surface area contributed by atoms with Crippen LogP contribution in [0.15, 0.2) is 0 Å². The van der Waals surface area contributed by atoms with Gasteiger partial charge in [-0.15, -0.1) is 0 Å². The van der Waals surface area contributed by atoms with Crippen LogP contribution in [0.5, 0.6) is 0 Å². The number of esters is 4. The van der Waals surface area contributed by atoms with Crippen LogP contribution in [0.2, 0.25) is 0 Å². The van der Waals surface area contributed by atoms with Gasteiger partial charge in [0.2, 0.25) is 0 Å². The molecule has 19 heteroatoms. The predicted octanol–water partition coefficient (Wildman–Crippen LogP) is 18.3. The lowest BCUT2D eigenvalue weighted by atomic mass is 10.0. The zero-order valence-corrected chi connectivity index (χ0v) is 55.7. The lowest BCUT2D eigenvalue weighted by Crippen LogP contribution is -2.30. The maximum absolute atomic E-state index is 12.9. The smallest absolute Gasteiger partial charge is 0.462 e. The van der Waals surface area contributed by atoms with Crippen molar-refractivity contribution in [3.8, 4) is 0 Å². The number of hydrogen-bond acceptors (Lipinski definition) is 15. The highest BCUT2D eigenvalue weighted by Crippen LogP contribution is 2.45. The first-order valence-electron chi connectivity index (χ1n) is 34.2. The summed E-state index contributed by atoms with van der Waals surface area (Å²) in [5.74, 6) is -2.31. The van der Waals surface area contributed by atoms with Gasteiger partial charge < -0.3 is 33.8 Å². The van der Waals surface area contributed by atoms with Crippen molar-refractivity contribution in [2.45, 2.75) is 354 Å². The third-order valence-corrected chi connectivity index (χ3v) is 17.1. The molecule has 3 N–H and O–H groups in total. The van der Waals surface area contributed by atoms with Gasteiger partial charge in [0.05, 0.1) is 26.4 Å². The second-order valence-electron chi connectivity index (χ2n) is 23.6. The Balaban J connectivity index is 4.83. The average Bonchev–Trinajstić information content (AvgIpc) is 3.65. The molecule has 0 fully saturated rings. The monoisotopic (exact) mass is 1240 g/mol. The number of phosphoric acid groups is 2. The molecule has 0 aliphatic carbocycles. The summed E-state index contributed by atoms with van der Waals surface area (Å²) in [5.41, 5.74) is 0. The summed E-state index contributed by atoms with van der Waals surface area (Å²) in [6.45, 7) is 3.85. The van der Waals surface area contributed by atoms with Crippen molar-refractivity contribution in [2.75, 3.05) is 39.6 Å². The second kappa shape index (κ2) is 60.0. The molecule has 0 aromatic carbocycles. The van der Waals surface area contributed by atoms with Gasteiger partial charge >= 0.3 is 39.5 Å². The van der Waals surface area contributed by atoms with Crippen molar-refractivity contribution >= 4 is 39.5 Å². The molecule has 0 saturated carbocycles. The van der Waals surface area contributed by atoms with Crippen molar-refractivity contribution in [1.82, 2.24) is 0 Å². The van der Waals surface area contributed by atoms with E-state index in [0.717, 1.165) is 71.1 Å². The van der Waals surface area contributed by atoms with Gasteiger partial charge in [-0.25, -0.2) is 9.13 Å². The Labute approximate surface area is 511 Å². The summed E-state index contributed by atoms with van der Waals surface area (Å²) in [7, 11) is -9.84. The molecule has 498 valence electrons. The molecule has 0 spiro atoms. The van der Waals surface area contributed by atoms with E-state index in [-0.39, 0.29) is 19.3 Å². The number of unbranched alkanes of at least 4 members (excludes halogenated alkanes) is 42. The number of carbonyl (C=O) groups is 4. The molecule has 0 aromatic heterocycles. The number of rotatable bonds is 66. The minimum Gasteiger partial charge on any atom is -0.462 e. The molecule has 17 nitrogen and oxygen atoms in total. The highest BCUT2D eigenvalue weighted by Gasteiger charge is 2.30. The number of aliphatic hydroxyl groups is 1. The molecule has 0 aliphatic rings. The van der Waals surface area contributed by atoms with Crippen molar-refractivity contribution in [3.63, 3.8) is 0 Å². The molecule has 0 aromatic rings. The zero-order chi connectivity index (χ0) is 61.9. The van der Waals surface area contributed by atoms with Crippen LogP contribution >= 0.6 is 15.6 Å². The molecule has 0 rings (SSSR count). The number of ether oxygens (including phenoxy) is 4. The van der Waals surface area contributed by atoms with Crippen LogP contribution in [-0.2, 0) is 65.4 Å². The third kappa shape index (κ3) is 60.3. The van der Waals surface area contributed by atoms with E-state index in [4.69, 9.17) is 37.0 Å². The van der Waals surface area contributed by atoms with Crippen molar-refractivity contribution in [1.29, 1.82) is 0 Å². The Kier molecular flexibility index (Phi) is 58.6. The predicted molar refractivity (Wildman–Crippen MR) is 335 cm³/mol. The normalized spacial score (nSPS) is 14.1. The lowest BCUT2D eigenvalue weighted by molar-refractivity contribution is -0.161. The van der Waals surface area contributed by atoms with Gasteiger partial charge in [-0.2, -0.15) is 0 Å². The molecule has 0 bridgehead atoms. The molecule has 84 heavy (non-hydrogen) atoms. The Morgan fingerprint density at radius 2 is 0.524 bits per heavy atom. The summed E-state index contributed by atoms with van der Waals surface area (Å²) in [4.78, 5) is 70.6. The Bertz CT molecular complexity index is 1620. The molecule has 0 aliphatic heterocycles. The Morgan fingerprint density at radius 1 is 0.310 bits per heavy atom. The largest absolute Gasteiger partial charge is 0.472 e. The first-order chi connectivity index (χ1) is 40.6. The topological polar surface area (TPSA) is 237 Å². The van der Waals surface area contributed by atoms with Gasteiger partial charge in [-0.3, -0.25) is 37.3 Å². The van der Waals surface area contributed by atoms with Crippen molar-refractivity contribution < 1.29 is 80.2 Å². The lowest BCUT2D eigenvalue weighted by Gasteiger charge is -2.21. The molecule has 5 atom stereocenters. The van der Waals surface area contributed by atoms with Crippen LogP contribution in [0, 0.1) is 0 Å². The fourth-order valence-electron chi connectivity index (χ4n) is 9.99. The summed E-state index contributed by atoms with van der Waals surface area (Å²) in [6, 6.07) is 0. The summed E-state index contributed by atoms with van der Waals surface area (Å²) < 4.78 is 66.7. The first-order valence-corrected chi connectivity index (χ1v) is 37.2. The number of carbonyl (C=O) groups excluding carboxylic acids is 4. The quantitative estimate of drug-likeness (QED) is 0.0222. The van der Waals surface area contributed by atoms with Crippen LogP contribution < -0.4 is 0 Å². The molecule has 2 unspecified atom stereocenters. The number of phosphoric ester groups is 2. The first kappa shape index (κ1) is 82.1. The van der Waals surface area contributed by atoms with E-state index in [2.05, 4.69) is 20.8 Å². The zero-order valence-electron chi connectivity index (χ0n) is 53.9. The maximum Gasteiger partial charge on any atom is 0.472 e. The summed E-state index contributed by atoms with van der Waals surface area (Å²) in [6.07, 6.45) is 49.8. The van der Waals surface area contributed by atoms with Crippen molar-refractivity contribution in [2.24, 2.45) is 0 Å². The van der Waals surface area contributed by atoms with Gasteiger partial charge in [-0.1, -0.05) is 290 Å². The van der Waals surface area contributed by atoms with E-state index in [9.17, 15) is 43.2 Å². The third-order valence-electron chi connectivity index (χ3n) is 15.2. The van der Waals surface area contributed by atoms with E-state index in [0.29, 0.717) is 19.3 Å². The van der Waals surface area contributed by atoms with E-state index < -0.39 is 97.5 Å². The van der Waals surface area contributed by atoms with Crippen LogP contribution in [0.1, 0.15) is 336 Å². The second-order valence-corrected chi connectivity index (χ2v) is 26.5. The minimum atomic E-state index is -4.93. The fourth-order valence-corrected chi connectivity index (χ4v) is 11.6. The van der Waals surface area contributed by atoms with Crippen LogP contribution in [0.3, 0.4) is 0 Å². The fraction of sp³-hybridized carbons (Fsp3) is 0.938. The van der Waals surface area contributed by atoms with E-state index in [1.165, 1.54) is 205 Å². The molecule has 0 saturated heterocycles. The highest BCUT2D eigenvalue weighted by molar-refractivity contribution is 7.47. The van der Waals surface area contributed by atoms with Gasteiger partial charge in [0.1, 0.15) is 19.3 Å². The van der Waals surface area contributed by atoms with E-state index in [1.54, 1.807) is 0 Å². The summed E-state index contributed by atoms with van der Waals surface area (Å²) >= 11 is 0. The van der Waals surface area contributed by atoms with E-state index in [1.807, 2.05) is 0 Å². The highest BCUT2D eigenvalue weighted by atomic mass is 31.2. The van der Waals surface area contributed by atoms with Crippen LogP contribution in [0.4, 0.5) is 0 Å². The molecular weight excluding hydrogens is 1110 g/mol. The standard InChI is InChI=1S/C65H126O17P2/c1-5-8-11-14-17-20-23-26-29-32-35-38-41-44-47-50-63(68)75-55-61(81-59(4)66)57-79-83(71,72)77-53-60(67)54-78-84(73,74)80-58-62(82-65(70)52-49-46-43-40-37-34-31-28-25-22-19-16-13-10-7-3)56-76-64(69)51-48-45-42-39-36-33-30-27-24-21-18-15-12-9-6-2/h60-62,67H,5-58H2,1-4H3,(H,71,72)(H,73,74)/t60-,61-,62-/m1/s1. The molecule has 0 radical (unpaired) electrons. The Hall–Kier alpha value is -1.94. The maximum atomic E-state index is 12.9. The average molecular weight is 1240 g/mol. The van der Waals surface area contributed by atoms with Gasteiger partial charge in [-0.05, 0) is 19.3 Å². The Morgan fingerprint density at radius 3 is 0.774 bits per heavy atom. The number of hydrogen-bond donors (Lipinski definition) is 3. The SMILES string of the molecule is CCCCCCCCCCCCCCCCCC(=O)OC[C@H](COP(=O)(O)OC[C@@H](O)COP(=O)(O)OC[C@@H](COC(=O)CCCCCCCCCCCCCCCCC)OC(=O)CCCCCCCCCCCCCCCCC)OC(C)=O. The van der Waals surface area contributed by atoms with Gasteiger partial charge in [0.15, 0.2) is 12.2 Å².